The maximum atomic E-state index is 6.05. The van der Waals surface area contributed by atoms with Gasteiger partial charge in [0.2, 0.25) is 0 Å². The van der Waals surface area contributed by atoms with Crippen LogP contribution in [0.2, 0.25) is 0 Å². The van der Waals surface area contributed by atoms with Crippen molar-refractivity contribution < 1.29 is 4.74 Å². The summed E-state index contributed by atoms with van der Waals surface area (Å²) in [6.07, 6.45) is 8.24. The molecule has 18 heavy (non-hydrogen) atoms. The van der Waals surface area contributed by atoms with E-state index in [2.05, 4.69) is 18.7 Å². The standard InChI is InChI=1S/C15H30N2O/c1-3-5-13-6-8-17(9-7-13)15(12-16)10-14(11-15)18-4-2/h13-14H,3-12,16H2,1-2H3. The van der Waals surface area contributed by atoms with Crippen LogP contribution in [0, 0.1) is 5.92 Å². The Morgan fingerprint density at radius 2 is 1.89 bits per heavy atom. The molecule has 0 bridgehead atoms. The third-order valence-electron chi connectivity index (χ3n) is 4.98. The largest absolute Gasteiger partial charge is 0.378 e. The van der Waals surface area contributed by atoms with Crippen LogP contribution in [0.1, 0.15) is 52.4 Å². The second-order valence-electron chi connectivity index (χ2n) is 6.13. The fourth-order valence-electron chi connectivity index (χ4n) is 3.80. The van der Waals surface area contributed by atoms with Gasteiger partial charge in [-0.1, -0.05) is 19.8 Å². The van der Waals surface area contributed by atoms with Gasteiger partial charge in [-0.05, 0) is 51.6 Å². The number of hydrogen-bond donors (Lipinski definition) is 1. The third-order valence-corrected chi connectivity index (χ3v) is 4.98. The van der Waals surface area contributed by atoms with Gasteiger partial charge in [0.25, 0.3) is 0 Å². The molecule has 1 aliphatic heterocycles. The quantitative estimate of drug-likeness (QED) is 0.791. The average Bonchev–Trinajstić information content (AvgIpc) is 2.35. The molecule has 3 nitrogen and oxygen atoms in total. The number of likely N-dealkylation sites (tertiary alicyclic amines) is 1. The minimum Gasteiger partial charge on any atom is -0.378 e. The van der Waals surface area contributed by atoms with Crippen molar-refractivity contribution in [3.63, 3.8) is 0 Å². The molecule has 2 aliphatic rings. The van der Waals surface area contributed by atoms with Crippen LogP contribution in [-0.2, 0) is 4.74 Å². The molecule has 2 rings (SSSR count). The van der Waals surface area contributed by atoms with E-state index in [9.17, 15) is 0 Å². The van der Waals surface area contributed by atoms with E-state index in [-0.39, 0.29) is 5.54 Å². The van der Waals surface area contributed by atoms with Gasteiger partial charge in [0, 0.05) is 18.7 Å². The Morgan fingerprint density at radius 1 is 1.22 bits per heavy atom. The van der Waals surface area contributed by atoms with Crippen molar-refractivity contribution >= 4 is 0 Å². The van der Waals surface area contributed by atoms with Gasteiger partial charge in [0.1, 0.15) is 0 Å². The summed E-state index contributed by atoms with van der Waals surface area (Å²) in [5.74, 6) is 0.962. The molecule has 1 saturated carbocycles. The molecule has 2 fully saturated rings. The first-order chi connectivity index (χ1) is 8.74. The SMILES string of the molecule is CCCC1CCN(C2(CN)CC(OCC)C2)CC1. The zero-order chi connectivity index (χ0) is 13.0. The Balaban J connectivity index is 1.81. The second kappa shape index (κ2) is 6.36. The van der Waals surface area contributed by atoms with Crippen LogP contribution >= 0.6 is 0 Å². The van der Waals surface area contributed by atoms with Crippen LogP contribution in [0.4, 0.5) is 0 Å². The Morgan fingerprint density at radius 3 is 2.39 bits per heavy atom. The van der Waals surface area contributed by atoms with Gasteiger partial charge in [-0.15, -0.1) is 0 Å². The smallest absolute Gasteiger partial charge is 0.0611 e. The molecular weight excluding hydrogens is 224 g/mol. The Hall–Kier alpha value is -0.120. The lowest BCUT2D eigenvalue weighted by atomic mass is 9.71. The molecule has 0 unspecified atom stereocenters. The topological polar surface area (TPSA) is 38.5 Å². The minimum absolute atomic E-state index is 0.275. The molecule has 3 heteroatoms. The van der Waals surface area contributed by atoms with Crippen LogP contribution in [0.3, 0.4) is 0 Å². The number of nitrogens with zero attached hydrogens (tertiary/aromatic N) is 1. The fraction of sp³-hybridized carbons (Fsp3) is 1.00. The summed E-state index contributed by atoms with van der Waals surface area (Å²) < 4.78 is 5.70. The zero-order valence-electron chi connectivity index (χ0n) is 12.2. The number of rotatable bonds is 6. The molecule has 1 heterocycles. The van der Waals surface area contributed by atoms with Gasteiger partial charge in [-0.3, -0.25) is 4.90 Å². The van der Waals surface area contributed by atoms with Crippen molar-refractivity contribution in [2.45, 2.75) is 64.0 Å². The molecule has 0 aromatic rings. The molecule has 0 atom stereocenters. The van der Waals surface area contributed by atoms with Crippen molar-refractivity contribution in [1.82, 2.24) is 4.90 Å². The summed E-state index contributed by atoms with van der Waals surface area (Å²) in [7, 11) is 0. The van der Waals surface area contributed by atoms with Crippen LogP contribution in [0.15, 0.2) is 0 Å². The van der Waals surface area contributed by atoms with Gasteiger partial charge in [0.05, 0.1) is 6.10 Å². The van der Waals surface area contributed by atoms with Crippen LogP contribution < -0.4 is 5.73 Å². The maximum Gasteiger partial charge on any atom is 0.0611 e. The highest BCUT2D eigenvalue weighted by molar-refractivity contribution is 5.05. The minimum atomic E-state index is 0.275. The first-order valence-electron chi connectivity index (χ1n) is 7.80. The van der Waals surface area contributed by atoms with Gasteiger partial charge >= 0.3 is 0 Å². The average molecular weight is 254 g/mol. The monoisotopic (exact) mass is 254 g/mol. The lowest BCUT2D eigenvalue weighted by molar-refractivity contribution is -0.108. The molecule has 0 radical (unpaired) electrons. The summed E-state index contributed by atoms with van der Waals surface area (Å²) >= 11 is 0. The summed E-state index contributed by atoms with van der Waals surface area (Å²) in [4.78, 5) is 2.66. The summed E-state index contributed by atoms with van der Waals surface area (Å²) in [5.41, 5.74) is 6.33. The van der Waals surface area contributed by atoms with Crippen molar-refractivity contribution in [3.8, 4) is 0 Å². The lowest BCUT2D eigenvalue weighted by Gasteiger charge is -2.55. The number of piperidine rings is 1. The molecule has 106 valence electrons. The van der Waals surface area contributed by atoms with E-state index in [1.54, 1.807) is 0 Å². The highest BCUT2D eigenvalue weighted by atomic mass is 16.5. The van der Waals surface area contributed by atoms with Gasteiger partial charge in [-0.2, -0.15) is 0 Å². The summed E-state index contributed by atoms with van der Waals surface area (Å²) in [6, 6.07) is 0. The second-order valence-corrected chi connectivity index (χ2v) is 6.13. The molecule has 1 saturated heterocycles. The highest BCUT2D eigenvalue weighted by Gasteiger charge is 2.48. The van der Waals surface area contributed by atoms with E-state index in [0.29, 0.717) is 6.10 Å². The van der Waals surface area contributed by atoms with Gasteiger partial charge in [-0.25, -0.2) is 0 Å². The van der Waals surface area contributed by atoms with Gasteiger partial charge < -0.3 is 10.5 Å². The molecule has 2 N–H and O–H groups in total. The van der Waals surface area contributed by atoms with Gasteiger partial charge in [0.15, 0.2) is 0 Å². The Labute approximate surface area is 112 Å². The fourth-order valence-corrected chi connectivity index (χ4v) is 3.80. The third kappa shape index (κ3) is 2.89. The first kappa shape index (κ1) is 14.3. The molecular formula is C15H30N2O. The molecule has 0 amide bonds. The van der Waals surface area contributed by atoms with Crippen molar-refractivity contribution in [2.24, 2.45) is 11.7 Å². The molecule has 0 spiro atoms. The highest BCUT2D eigenvalue weighted by Crippen LogP contribution is 2.41. The normalized spacial score (nSPS) is 34.5. The van der Waals surface area contributed by atoms with E-state index >= 15 is 0 Å². The van der Waals surface area contributed by atoms with Crippen molar-refractivity contribution in [3.05, 3.63) is 0 Å². The van der Waals surface area contributed by atoms with Crippen LogP contribution in [0.5, 0.6) is 0 Å². The molecule has 1 aliphatic carbocycles. The predicted molar refractivity (Wildman–Crippen MR) is 75.6 cm³/mol. The lowest BCUT2D eigenvalue weighted by Crippen LogP contribution is -2.65. The van der Waals surface area contributed by atoms with E-state index in [0.717, 1.165) is 31.9 Å². The molecule has 0 aromatic heterocycles. The maximum absolute atomic E-state index is 6.05. The predicted octanol–water partition coefficient (Wildman–Crippen LogP) is 2.39. The summed E-state index contributed by atoms with van der Waals surface area (Å²) in [5, 5.41) is 0. The summed E-state index contributed by atoms with van der Waals surface area (Å²) in [6.45, 7) is 8.52. The van der Waals surface area contributed by atoms with Crippen LogP contribution in [0.25, 0.3) is 0 Å². The number of hydrogen-bond acceptors (Lipinski definition) is 3. The first-order valence-corrected chi connectivity index (χ1v) is 7.80. The van der Waals surface area contributed by atoms with Crippen molar-refractivity contribution in [1.29, 1.82) is 0 Å². The zero-order valence-corrected chi connectivity index (χ0v) is 12.2. The molecule has 0 aromatic carbocycles. The Kier molecular flexibility index (Phi) is 5.05. The van der Waals surface area contributed by atoms with E-state index in [1.807, 2.05) is 0 Å². The van der Waals surface area contributed by atoms with E-state index < -0.39 is 0 Å². The van der Waals surface area contributed by atoms with Crippen molar-refractivity contribution in [2.75, 3.05) is 26.2 Å². The Bertz CT molecular complexity index is 243. The van der Waals surface area contributed by atoms with E-state index in [4.69, 9.17) is 10.5 Å². The van der Waals surface area contributed by atoms with Crippen LogP contribution in [-0.4, -0.2) is 42.8 Å². The number of ether oxygens (including phenoxy) is 1. The van der Waals surface area contributed by atoms with E-state index in [1.165, 1.54) is 38.8 Å². The number of nitrogens with two attached hydrogens (primary N) is 1.